The third-order valence-corrected chi connectivity index (χ3v) is 4.46. The maximum atomic E-state index is 13.6. The van der Waals surface area contributed by atoms with Crippen molar-refractivity contribution in [1.29, 1.82) is 0 Å². The van der Waals surface area contributed by atoms with Crippen LogP contribution in [0.15, 0.2) is 12.1 Å². The molecule has 3 nitrogen and oxygen atoms in total. The average molecular weight is 286 g/mol. The van der Waals surface area contributed by atoms with E-state index in [2.05, 4.69) is 4.72 Å². The Bertz CT molecular complexity index is 504. The van der Waals surface area contributed by atoms with Crippen LogP contribution < -0.4 is 4.72 Å². The van der Waals surface area contributed by atoms with Crippen LogP contribution in [0.1, 0.15) is 17.7 Å². The van der Waals surface area contributed by atoms with Crippen LogP contribution in [0.4, 0.5) is 4.39 Å². The second-order valence-electron chi connectivity index (χ2n) is 3.18. The van der Waals surface area contributed by atoms with Crippen LogP contribution in [0, 0.1) is 5.82 Å². The molecule has 0 saturated carbocycles. The maximum absolute atomic E-state index is 13.6. The number of nitrogens with one attached hydrogen (secondary N) is 1. The van der Waals surface area contributed by atoms with Crippen molar-refractivity contribution in [3.05, 3.63) is 33.6 Å². The average Bonchev–Trinajstić information content (AvgIpc) is 2.22. The van der Waals surface area contributed by atoms with Gasteiger partial charge in [-0.2, -0.15) is 0 Å². The Kier molecular flexibility index (Phi) is 4.17. The zero-order chi connectivity index (χ0) is 12.5. The van der Waals surface area contributed by atoms with E-state index in [0.29, 0.717) is 0 Å². The molecule has 1 aromatic rings. The molecule has 90 valence electrons. The molecular weight excluding hydrogens is 276 g/mol. The highest BCUT2D eigenvalue weighted by molar-refractivity contribution is 7.89. The summed E-state index contributed by atoms with van der Waals surface area (Å²) < 4.78 is 38.8. The molecule has 7 heteroatoms. The molecule has 0 aliphatic carbocycles. The number of hydrogen-bond donors (Lipinski definition) is 1. The predicted octanol–water partition coefficient (Wildman–Crippen LogP) is 2.74. The quantitative estimate of drug-likeness (QED) is 0.868. The molecule has 16 heavy (non-hydrogen) atoms. The highest BCUT2D eigenvalue weighted by atomic mass is 35.5. The van der Waals surface area contributed by atoms with E-state index in [1.54, 1.807) is 0 Å². The minimum absolute atomic E-state index is 0.0492. The van der Waals surface area contributed by atoms with Gasteiger partial charge in [0.2, 0.25) is 10.0 Å². The summed E-state index contributed by atoms with van der Waals surface area (Å²) in [6.45, 7) is 1.36. The normalized spacial score (nSPS) is 13.8. The number of hydrogen-bond acceptors (Lipinski definition) is 2. The third-order valence-electron chi connectivity index (χ3n) is 2.21. The van der Waals surface area contributed by atoms with Gasteiger partial charge in [-0.3, -0.25) is 0 Å². The Morgan fingerprint density at radius 3 is 2.44 bits per heavy atom. The first-order valence-corrected chi connectivity index (χ1v) is 6.66. The molecular formula is C9H10Cl2FNO2S. The van der Waals surface area contributed by atoms with Crippen LogP contribution in [0.2, 0.25) is 10.0 Å². The summed E-state index contributed by atoms with van der Waals surface area (Å²) in [6.07, 6.45) is 0. The lowest BCUT2D eigenvalue weighted by molar-refractivity contribution is 0.567. The minimum Gasteiger partial charge on any atom is -0.218 e. The molecule has 1 N–H and O–H groups in total. The molecule has 0 bridgehead atoms. The van der Waals surface area contributed by atoms with Gasteiger partial charge in [0.1, 0.15) is 11.1 Å². The van der Waals surface area contributed by atoms with Gasteiger partial charge in [-0.15, -0.1) is 0 Å². The van der Waals surface area contributed by atoms with Gasteiger partial charge in [0, 0.05) is 10.6 Å². The molecule has 0 aliphatic heterocycles. The summed E-state index contributed by atoms with van der Waals surface area (Å²) in [4.78, 5) is 0. The van der Waals surface area contributed by atoms with Gasteiger partial charge in [0.05, 0.1) is 5.02 Å². The molecule has 1 rings (SSSR count). The summed E-state index contributed by atoms with van der Waals surface area (Å²) in [7, 11) is -2.35. The molecule has 0 amide bonds. The first-order valence-electron chi connectivity index (χ1n) is 4.36. The van der Waals surface area contributed by atoms with Crippen molar-refractivity contribution in [2.24, 2.45) is 0 Å². The van der Waals surface area contributed by atoms with Crippen LogP contribution in [-0.4, -0.2) is 15.5 Å². The van der Waals surface area contributed by atoms with Crippen molar-refractivity contribution in [3.8, 4) is 0 Å². The first-order chi connectivity index (χ1) is 7.29. The van der Waals surface area contributed by atoms with Crippen LogP contribution in [0.5, 0.6) is 0 Å². The fourth-order valence-electron chi connectivity index (χ4n) is 1.22. The SMILES string of the molecule is CNS(=O)(=O)C(C)c1cc(Cl)cc(Cl)c1F. The molecule has 0 aliphatic rings. The van der Waals surface area contributed by atoms with Crippen molar-refractivity contribution in [2.45, 2.75) is 12.2 Å². The summed E-state index contributed by atoms with van der Waals surface area (Å²) in [5, 5.41) is -1.06. The van der Waals surface area contributed by atoms with E-state index >= 15 is 0 Å². The van der Waals surface area contributed by atoms with Gasteiger partial charge >= 0.3 is 0 Å². The number of halogens is 3. The van der Waals surface area contributed by atoms with Gasteiger partial charge in [-0.1, -0.05) is 23.2 Å². The highest BCUT2D eigenvalue weighted by Crippen LogP contribution is 2.30. The zero-order valence-corrected chi connectivity index (χ0v) is 10.9. The molecule has 0 saturated heterocycles. The first kappa shape index (κ1) is 13.7. The smallest absolute Gasteiger partial charge is 0.218 e. The number of rotatable bonds is 3. The summed E-state index contributed by atoms with van der Waals surface area (Å²) in [6, 6.07) is 2.48. The Morgan fingerprint density at radius 1 is 1.38 bits per heavy atom. The van der Waals surface area contributed by atoms with E-state index in [-0.39, 0.29) is 15.6 Å². The molecule has 1 unspecified atom stereocenters. The molecule has 1 atom stereocenters. The largest absolute Gasteiger partial charge is 0.218 e. The second kappa shape index (κ2) is 4.87. The Hall–Kier alpha value is -0.360. The van der Waals surface area contributed by atoms with Gasteiger partial charge < -0.3 is 0 Å². The molecule has 0 fully saturated rings. The molecule has 0 aromatic heterocycles. The van der Waals surface area contributed by atoms with Crippen LogP contribution in [-0.2, 0) is 10.0 Å². The summed E-state index contributed by atoms with van der Waals surface area (Å²) in [5.41, 5.74) is -0.0492. The van der Waals surface area contributed by atoms with Crippen LogP contribution in [0.3, 0.4) is 0 Å². The molecule has 0 heterocycles. The predicted molar refractivity (Wildman–Crippen MR) is 62.8 cm³/mol. The Labute approximate surface area is 104 Å². The lowest BCUT2D eigenvalue weighted by atomic mass is 10.1. The Morgan fingerprint density at radius 2 is 1.94 bits per heavy atom. The third kappa shape index (κ3) is 2.66. The monoisotopic (exact) mass is 285 g/mol. The van der Waals surface area contributed by atoms with E-state index in [1.807, 2.05) is 0 Å². The summed E-state index contributed by atoms with van der Waals surface area (Å²) in [5.74, 6) is -0.766. The topological polar surface area (TPSA) is 46.2 Å². The van der Waals surface area contributed by atoms with E-state index in [1.165, 1.54) is 26.1 Å². The lowest BCUT2D eigenvalue weighted by Gasteiger charge is -2.14. The summed E-state index contributed by atoms with van der Waals surface area (Å²) >= 11 is 11.3. The molecule has 0 radical (unpaired) electrons. The van der Waals surface area contributed by atoms with Crippen LogP contribution >= 0.6 is 23.2 Å². The van der Waals surface area contributed by atoms with Crippen molar-refractivity contribution in [1.82, 2.24) is 4.72 Å². The number of benzene rings is 1. The second-order valence-corrected chi connectivity index (χ2v) is 6.23. The van der Waals surface area contributed by atoms with E-state index in [9.17, 15) is 12.8 Å². The standard InChI is InChI=1S/C9H10Cl2FNO2S/c1-5(16(14,15)13-2)7-3-6(10)4-8(11)9(7)12/h3-5,13H,1-2H3. The van der Waals surface area contributed by atoms with Crippen molar-refractivity contribution < 1.29 is 12.8 Å². The molecule has 0 spiro atoms. The van der Waals surface area contributed by atoms with E-state index < -0.39 is 21.1 Å². The zero-order valence-electron chi connectivity index (χ0n) is 8.59. The lowest BCUT2D eigenvalue weighted by Crippen LogP contribution is -2.24. The van der Waals surface area contributed by atoms with Gasteiger partial charge in [0.25, 0.3) is 0 Å². The van der Waals surface area contributed by atoms with Crippen molar-refractivity contribution >= 4 is 33.2 Å². The van der Waals surface area contributed by atoms with Gasteiger partial charge in [0.15, 0.2) is 0 Å². The fourth-order valence-corrected chi connectivity index (χ4v) is 2.58. The Balaban J connectivity index is 3.34. The molecule has 1 aromatic carbocycles. The van der Waals surface area contributed by atoms with E-state index in [4.69, 9.17) is 23.2 Å². The minimum atomic E-state index is -3.61. The maximum Gasteiger partial charge on any atom is 0.218 e. The van der Waals surface area contributed by atoms with Crippen LogP contribution in [0.25, 0.3) is 0 Å². The highest BCUT2D eigenvalue weighted by Gasteiger charge is 2.25. The van der Waals surface area contributed by atoms with Crippen molar-refractivity contribution in [3.63, 3.8) is 0 Å². The van der Waals surface area contributed by atoms with E-state index in [0.717, 1.165) is 0 Å². The fraction of sp³-hybridized carbons (Fsp3) is 0.333. The van der Waals surface area contributed by atoms with Gasteiger partial charge in [-0.25, -0.2) is 17.5 Å². The van der Waals surface area contributed by atoms with Crippen molar-refractivity contribution in [2.75, 3.05) is 7.05 Å². The van der Waals surface area contributed by atoms with Gasteiger partial charge in [-0.05, 0) is 26.1 Å². The number of sulfonamides is 1.